The van der Waals surface area contributed by atoms with Crippen LogP contribution in [0.2, 0.25) is 0 Å². The summed E-state index contributed by atoms with van der Waals surface area (Å²) in [6.07, 6.45) is 0. The molecule has 1 aromatic heterocycles. The summed E-state index contributed by atoms with van der Waals surface area (Å²) in [5.74, 6) is 0.636. The first-order valence-corrected chi connectivity index (χ1v) is 5.70. The van der Waals surface area contributed by atoms with Crippen molar-refractivity contribution in [2.75, 3.05) is 0 Å². The quantitative estimate of drug-likeness (QED) is 0.919. The molecule has 4 heteroatoms. The maximum atomic E-state index is 9.10. The van der Waals surface area contributed by atoms with Gasteiger partial charge in [-0.3, -0.25) is 0 Å². The Hall–Kier alpha value is -1.26. The largest absolute Gasteiger partial charge is 0.390 e. The minimum absolute atomic E-state index is 0.0686. The summed E-state index contributed by atoms with van der Waals surface area (Å²) in [7, 11) is 0. The Balaban J connectivity index is 2.56. The van der Waals surface area contributed by atoms with Crippen molar-refractivity contribution >= 4 is 15.9 Å². The molecule has 1 N–H and O–H groups in total. The molecule has 16 heavy (non-hydrogen) atoms. The fourth-order valence-corrected chi connectivity index (χ4v) is 1.94. The highest BCUT2D eigenvalue weighted by atomic mass is 79.9. The number of hydrogen-bond acceptors (Lipinski definition) is 3. The van der Waals surface area contributed by atoms with E-state index in [1.165, 1.54) is 0 Å². The first kappa shape index (κ1) is 11.2. The lowest BCUT2D eigenvalue weighted by atomic mass is 10.2. The minimum Gasteiger partial charge on any atom is -0.390 e. The lowest BCUT2D eigenvalue weighted by Crippen LogP contribution is -1.98. The second-order valence-corrected chi connectivity index (χ2v) is 4.32. The Morgan fingerprint density at radius 2 is 2.00 bits per heavy atom. The van der Waals surface area contributed by atoms with Crippen LogP contribution in [0, 0.1) is 6.92 Å². The number of rotatable bonds is 2. The smallest absolute Gasteiger partial charge is 0.160 e. The Labute approximate surface area is 102 Å². The molecule has 2 rings (SSSR count). The second-order valence-electron chi connectivity index (χ2n) is 3.46. The SMILES string of the molecule is Cc1cc(CO)nc(-c2ccccc2Br)n1. The molecule has 0 spiro atoms. The normalized spacial score (nSPS) is 10.4. The molecule has 0 amide bonds. The number of nitrogens with zero attached hydrogens (tertiary/aromatic N) is 2. The topological polar surface area (TPSA) is 46.0 Å². The van der Waals surface area contributed by atoms with Crippen LogP contribution in [0.25, 0.3) is 11.4 Å². The van der Waals surface area contributed by atoms with Gasteiger partial charge in [0.1, 0.15) is 0 Å². The highest BCUT2D eigenvalue weighted by molar-refractivity contribution is 9.10. The predicted molar refractivity (Wildman–Crippen MR) is 65.8 cm³/mol. The average Bonchev–Trinajstić information content (AvgIpc) is 2.28. The van der Waals surface area contributed by atoms with Crippen molar-refractivity contribution < 1.29 is 5.11 Å². The molecule has 0 aliphatic heterocycles. The fraction of sp³-hybridized carbons (Fsp3) is 0.167. The zero-order valence-electron chi connectivity index (χ0n) is 8.81. The minimum atomic E-state index is -0.0686. The van der Waals surface area contributed by atoms with Crippen LogP contribution in [0.15, 0.2) is 34.8 Å². The van der Waals surface area contributed by atoms with Crippen LogP contribution in [0.5, 0.6) is 0 Å². The highest BCUT2D eigenvalue weighted by Crippen LogP contribution is 2.25. The van der Waals surface area contributed by atoms with Crippen molar-refractivity contribution in [2.45, 2.75) is 13.5 Å². The van der Waals surface area contributed by atoms with E-state index in [1.807, 2.05) is 31.2 Å². The third-order valence-electron chi connectivity index (χ3n) is 2.18. The van der Waals surface area contributed by atoms with E-state index in [0.717, 1.165) is 15.7 Å². The molecule has 1 aromatic carbocycles. The summed E-state index contributed by atoms with van der Waals surface area (Å²) in [5, 5.41) is 9.10. The molecule has 0 aliphatic rings. The molecule has 0 radical (unpaired) electrons. The van der Waals surface area contributed by atoms with Crippen LogP contribution in [0.1, 0.15) is 11.4 Å². The van der Waals surface area contributed by atoms with Crippen LogP contribution < -0.4 is 0 Å². The van der Waals surface area contributed by atoms with Crippen LogP contribution >= 0.6 is 15.9 Å². The number of aliphatic hydroxyl groups excluding tert-OH is 1. The second kappa shape index (κ2) is 4.72. The van der Waals surface area contributed by atoms with Crippen LogP contribution in [0.3, 0.4) is 0 Å². The van der Waals surface area contributed by atoms with Gasteiger partial charge in [0.2, 0.25) is 0 Å². The van der Waals surface area contributed by atoms with Gasteiger partial charge in [-0.15, -0.1) is 0 Å². The average molecular weight is 279 g/mol. The summed E-state index contributed by atoms with van der Waals surface area (Å²) in [5.41, 5.74) is 2.42. The van der Waals surface area contributed by atoms with Gasteiger partial charge in [0.05, 0.1) is 12.3 Å². The first-order valence-electron chi connectivity index (χ1n) is 4.91. The molecule has 0 aliphatic carbocycles. The van der Waals surface area contributed by atoms with Gasteiger partial charge in [0.25, 0.3) is 0 Å². The van der Waals surface area contributed by atoms with E-state index in [0.29, 0.717) is 11.5 Å². The molecular weight excluding hydrogens is 268 g/mol. The number of halogens is 1. The first-order chi connectivity index (χ1) is 7.70. The van der Waals surface area contributed by atoms with Crippen LogP contribution in [-0.4, -0.2) is 15.1 Å². The van der Waals surface area contributed by atoms with E-state index < -0.39 is 0 Å². The van der Waals surface area contributed by atoms with Gasteiger partial charge in [-0.1, -0.05) is 34.1 Å². The molecule has 0 bridgehead atoms. The zero-order valence-corrected chi connectivity index (χ0v) is 10.4. The Bertz CT molecular complexity index is 514. The number of aromatic nitrogens is 2. The summed E-state index contributed by atoms with van der Waals surface area (Å²) >= 11 is 3.46. The van der Waals surface area contributed by atoms with Gasteiger partial charge >= 0.3 is 0 Å². The molecule has 3 nitrogen and oxygen atoms in total. The van der Waals surface area contributed by atoms with Gasteiger partial charge in [0, 0.05) is 15.7 Å². The molecule has 1 heterocycles. The number of aryl methyl sites for hydroxylation is 1. The van der Waals surface area contributed by atoms with Gasteiger partial charge in [-0.2, -0.15) is 0 Å². The molecule has 0 fully saturated rings. The van der Waals surface area contributed by atoms with Crippen LogP contribution in [-0.2, 0) is 6.61 Å². The van der Waals surface area contributed by atoms with Crippen LogP contribution in [0.4, 0.5) is 0 Å². The summed E-state index contributed by atoms with van der Waals surface area (Å²) in [6.45, 7) is 1.82. The van der Waals surface area contributed by atoms with Gasteiger partial charge in [0.15, 0.2) is 5.82 Å². The molecular formula is C12H11BrN2O. The monoisotopic (exact) mass is 278 g/mol. The van der Waals surface area contributed by atoms with Gasteiger partial charge in [-0.05, 0) is 19.1 Å². The number of hydrogen-bond donors (Lipinski definition) is 1. The Morgan fingerprint density at radius 3 is 2.69 bits per heavy atom. The van der Waals surface area contributed by atoms with Crippen molar-refractivity contribution in [3.63, 3.8) is 0 Å². The molecule has 82 valence electrons. The molecule has 0 saturated heterocycles. The number of benzene rings is 1. The molecule has 2 aromatic rings. The fourth-order valence-electron chi connectivity index (χ4n) is 1.48. The third kappa shape index (κ3) is 2.28. The van der Waals surface area contributed by atoms with E-state index >= 15 is 0 Å². The Kier molecular flexibility index (Phi) is 3.31. The van der Waals surface area contributed by atoms with Crippen molar-refractivity contribution in [3.05, 3.63) is 46.2 Å². The van der Waals surface area contributed by atoms with E-state index in [2.05, 4.69) is 25.9 Å². The molecule has 0 unspecified atom stereocenters. The maximum absolute atomic E-state index is 9.10. The van der Waals surface area contributed by atoms with Gasteiger partial charge in [-0.25, -0.2) is 9.97 Å². The van der Waals surface area contributed by atoms with E-state index in [1.54, 1.807) is 6.07 Å². The van der Waals surface area contributed by atoms with E-state index in [4.69, 9.17) is 5.11 Å². The summed E-state index contributed by atoms with van der Waals surface area (Å²) < 4.78 is 0.949. The lowest BCUT2D eigenvalue weighted by molar-refractivity contribution is 0.276. The highest BCUT2D eigenvalue weighted by Gasteiger charge is 2.07. The standard InChI is InChI=1S/C12H11BrN2O/c1-8-6-9(7-16)15-12(14-8)10-4-2-3-5-11(10)13/h2-6,16H,7H2,1H3. The summed E-state index contributed by atoms with van der Waals surface area (Å²) in [4.78, 5) is 8.65. The Morgan fingerprint density at radius 1 is 1.25 bits per heavy atom. The van der Waals surface area contributed by atoms with Gasteiger partial charge < -0.3 is 5.11 Å². The maximum Gasteiger partial charge on any atom is 0.160 e. The summed E-state index contributed by atoms with van der Waals surface area (Å²) in [6, 6.07) is 9.54. The third-order valence-corrected chi connectivity index (χ3v) is 2.88. The van der Waals surface area contributed by atoms with Crippen molar-refractivity contribution in [3.8, 4) is 11.4 Å². The van der Waals surface area contributed by atoms with E-state index in [9.17, 15) is 0 Å². The lowest BCUT2D eigenvalue weighted by Gasteiger charge is -2.05. The van der Waals surface area contributed by atoms with Crippen molar-refractivity contribution in [1.29, 1.82) is 0 Å². The van der Waals surface area contributed by atoms with Crippen molar-refractivity contribution in [1.82, 2.24) is 9.97 Å². The molecule has 0 saturated carbocycles. The van der Waals surface area contributed by atoms with Crippen molar-refractivity contribution in [2.24, 2.45) is 0 Å². The zero-order chi connectivity index (χ0) is 11.5. The van der Waals surface area contributed by atoms with E-state index in [-0.39, 0.29) is 6.61 Å². The predicted octanol–water partition coefficient (Wildman–Crippen LogP) is 2.71. The number of aliphatic hydroxyl groups is 1. The molecule has 0 atom stereocenters.